The molecule has 4 aromatic rings. The van der Waals surface area contributed by atoms with E-state index in [1.54, 1.807) is 6.20 Å². The average molecular weight is 412 g/mol. The molecule has 1 aromatic carbocycles. The fourth-order valence-corrected chi connectivity index (χ4v) is 4.46. The van der Waals surface area contributed by atoms with Crippen molar-refractivity contribution in [3.05, 3.63) is 78.6 Å². The molecule has 1 aliphatic rings. The molecule has 0 N–H and O–H groups in total. The second-order valence-corrected chi connectivity index (χ2v) is 7.84. The molecule has 1 aliphatic heterocycles. The van der Waals surface area contributed by atoms with Crippen LogP contribution in [0.2, 0.25) is 0 Å². The van der Waals surface area contributed by atoms with Gasteiger partial charge in [0, 0.05) is 56.5 Å². The van der Waals surface area contributed by atoms with Crippen molar-refractivity contribution in [3.63, 3.8) is 0 Å². The number of hydrogen-bond acceptors (Lipinski definition) is 4. The Kier molecular flexibility index (Phi) is 5.12. The van der Waals surface area contributed by atoms with Crippen LogP contribution >= 0.6 is 0 Å². The van der Waals surface area contributed by atoms with Crippen molar-refractivity contribution >= 4 is 22.6 Å². The fourth-order valence-electron chi connectivity index (χ4n) is 4.46. The third-order valence-electron chi connectivity index (χ3n) is 5.98. The highest BCUT2D eigenvalue weighted by molar-refractivity contribution is 6.12. The van der Waals surface area contributed by atoms with Crippen LogP contribution < -0.4 is 4.90 Å². The van der Waals surface area contributed by atoms with Crippen LogP contribution in [0.4, 0.5) is 5.82 Å². The molecule has 0 atom stereocenters. The third-order valence-corrected chi connectivity index (χ3v) is 5.98. The van der Waals surface area contributed by atoms with Crippen LogP contribution in [0.1, 0.15) is 16.8 Å². The third kappa shape index (κ3) is 3.54. The number of fused-ring (bicyclic) bond motifs is 1. The monoisotopic (exact) mass is 411 g/mol. The van der Waals surface area contributed by atoms with E-state index < -0.39 is 0 Å². The number of hydrogen-bond donors (Lipinski definition) is 0. The average Bonchev–Trinajstić information content (AvgIpc) is 2.96. The number of carbonyl (C=O) groups excluding carboxylic acids is 1. The van der Waals surface area contributed by atoms with Crippen molar-refractivity contribution < 1.29 is 4.79 Å². The van der Waals surface area contributed by atoms with Crippen molar-refractivity contribution in [1.82, 2.24) is 19.4 Å². The fraction of sp³-hybridized carbons (Fsp3) is 0.240. The summed E-state index contributed by atoms with van der Waals surface area (Å²) < 4.78 is 2.09. The molecule has 0 spiro atoms. The Hall–Kier alpha value is -3.67. The first-order valence-corrected chi connectivity index (χ1v) is 10.7. The van der Waals surface area contributed by atoms with Gasteiger partial charge in [0.25, 0.3) is 5.91 Å². The number of amides is 1. The number of benzene rings is 1. The van der Waals surface area contributed by atoms with Gasteiger partial charge in [-0.3, -0.25) is 9.78 Å². The minimum atomic E-state index is 0.0697. The van der Waals surface area contributed by atoms with Gasteiger partial charge in [0.15, 0.2) is 0 Å². The maximum absolute atomic E-state index is 13.9. The van der Waals surface area contributed by atoms with E-state index >= 15 is 0 Å². The number of aromatic nitrogens is 3. The number of para-hydroxylation sites is 1. The van der Waals surface area contributed by atoms with Crippen LogP contribution in [0.5, 0.6) is 0 Å². The largest absolute Gasteiger partial charge is 0.355 e. The molecule has 0 bridgehead atoms. The van der Waals surface area contributed by atoms with Crippen LogP contribution in [-0.2, 0) is 7.05 Å². The molecular formula is C25H25N5O. The Morgan fingerprint density at radius 3 is 2.39 bits per heavy atom. The Labute approximate surface area is 181 Å². The zero-order valence-electron chi connectivity index (χ0n) is 17.6. The van der Waals surface area contributed by atoms with Crippen molar-refractivity contribution in [3.8, 4) is 11.4 Å². The predicted molar refractivity (Wildman–Crippen MR) is 123 cm³/mol. The maximum Gasteiger partial charge on any atom is 0.256 e. The van der Waals surface area contributed by atoms with Gasteiger partial charge in [-0.25, -0.2) is 4.98 Å². The number of nitrogens with zero attached hydrogens (tertiary/aromatic N) is 5. The molecule has 3 aromatic heterocycles. The number of carbonyl (C=O) groups is 1. The highest BCUT2D eigenvalue weighted by Gasteiger charge is 2.28. The molecular weight excluding hydrogens is 386 g/mol. The van der Waals surface area contributed by atoms with Crippen LogP contribution in [0.3, 0.4) is 0 Å². The lowest BCUT2D eigenvalue weighted by Gasteiger charge is -2.23. The van der Waals surface area contributed by atoms with Gasteiger partial charge in [-0.05, 0) is 36.8 Å². The van der Waals surface area contributed by atoms with E-state index in [2.05, 4.69) is 25.5 Å². The van der Waals surface area contributed by atoms with Crippen LogP contribution in [-0.4, -0.2) is 51.5 Å². The highest BCUT2D eigenvalue weighted by atomic mass is 16.2. The summed E-state index contributed by atoms with van der Waals surface area (Å²) in [5, 5.41) is 0.974. The molecule has 1 saturated heterocycles. The van der Waals surface area contributed by atoms with E-state index in [0.717, 1.165) is 59.7 Å². The van der Waals surface area contributed by atoms with Crippen LogP contribution in [0.15, 0.2) is 73.1 Å². The molecule has 6 nitrogen and oxygen atoms in total. The molecule has 0 unspecified atom stereocenters. The summed E-state index contributed by atoms with van der Waals surface area (Å²) >= 11 is 0. The zero-order chi connectivity index (χ0) is 21.2. The summed E-state index contributed by atoms with van der Waals surface area (Å²) in [6.07, 6.45) is 4.50. The lowest BCUT2D eigenvalue weighted by atomic mass is 10.1. The molecule has 0 saturated carbocycles. The Morgan fingerprint density at radius 1 is 0.839 bits per heavy atom. The summed E-state index contributed by atoms with van der Waals surface area (Å²) in [6, 6.07) is 19.9. The second kappa shape index (κ2) is 8.22. The molecule has 5 rings (SSSR count). The van der Waals surface area contributed by atoms with Gasteiger partial charge >= 0.3 is 0 Å². The zero-order valence-corrected chi connectivity index (χ0v) is 17.6. The predicted octanol–water partition coefficient (Wildman–Crippen LogP) is 3.99. The van der Waals surface area contributed by atoms with E-state index in [0.29, 0.717) is 6.54 Å². The van der Waals surface area contributed by atoms with E-state index in [4.69, 9.17) is 0 Å². The van der Waals surface area contributed by atoms with Crippen molar-refractivity contribution in [2.75, 3.05) is 31.1 Å². The Bertz CT molecular complexity index is 1200. The quantitative estimate of drug-likeness (QED) is 0.512. The summed E-state index contributed by atoms with van der Waals surface area (Å²) in [4.78, 5) is 27.1. The number of rotatable bonds is 3. The van der Waals surface area contributed by atoms with E-state index in [1.807, 2.05) is 72.7 Å². The molecule has 4 heterocycles. The SMILES string of the molecule is Cn1c(-c2ccccn2)c(C(=O)N2CCCN(c3ccccn3)CC2)c2ccccc21. The smallest absolute Gasteiger partial charge is 0.256 e. The van der Waals surface area contributed by atoms with Crippen molar-refractivity contribution in [2.24, 2.45) is 7.05 Å². The van der Waals surface area contributed by atoms with Gasteiger partial charge in [0.05, 0.1) is 17.0 Å². The van der Waals surface area contributed by atoms with Crippen LogP contribution in [0.25, 0.3) is 22.3 Å². The molecule has 0 radical (unpaired) electrons. The van der Waals surface area contributed by atoms with Gasteiger partial charge in [-0.1, -0.05) is 30.3 Å². The summed E-state index contributed by atoms with van der Waals surface area (Å²) in [5.74, 6) is 1.04. The maximum atomic E-state index is 13.9. The van der Waals surface area contributed by atoms with Gasteiger partial charge in [-0.2, -0.15) is 0 Å². The number of aryl methyl sites for hydroxylation is 1. The Balaban J connectivity index is 1.51. The summed E-state index contributed by atoms with van der Waals surface area (Å²) in [6.45, 7) is 3.06. The first-order chi connectivity index (χ1) is 15.2. The van der Waals surface area contributed by atoms with E-state index in [9.17, 15) is 4.79 Å². The molecule has 0 aliphatic carbocycles. The molecule has 31 heavy (non-hydrogen) atoms. The first-order valence-electron chi connectivity index (χ1n) is 10.7. The van der Waals surface area contributed by atoms with E-state index in [-0.39, 0.29) is 5.91 Å². The van der Waals surface area contributed by atoms with Crippen LogP contribution in [0, 0.1) is 0 Å². The molecule has 1 amide bonds. The van der Waals surface area contributed by atoms with Crippen molar-refractivity contribution in [2.45, 2.75) is 6.42 Å². The number of anilines is 1. The minimum Gasteiger partial charge on any atom is -0.355 e. The molecule has 1 fully saturated rings. The minimum absolute atomic E-state index is 0.0697. The van der Waals surface area contributed by atoms with Gasteiger partial charge in [0.1, 0.15) is 5.82 Å². The van der Waals surface area contributed by atoms with Gasteiger partial charge in [0.2, 0.25) is 0 Å². The van der Waals surface area contributed by atoms with Gasteiger partial charge < -0.3 is 14.4 Å². The first kappa shape index (κ1) is 19.3. The summed E-state index contributed by atoms with van der Waals surface area (Å²) in [5.41, 5.74) is 3.46. The van der Waals surface area contributed by atoms with Gasteiger partial charge in [-0.15, -0.1) is 0 Å². The van der Waals surface area contributed by atoms with Crippen molar-refractivity contribution in [1.29, 1.82) is 0 Å². The topological polar surface area (TPSA) is 54.3 Å². The highest BCUT2D eigenvalue weighted by Crippen LogP contribution is 2.33. The number of pyridine rings is 2. The second-order valence-electron chi connectivity index (χ2n) is 7.84. The molecule has 6 heteroatoms. The lowest BCUT2D eigenvalue weighted by molar-refractivity contribution is 0.0769. The molecule has 156 valence electrons. The normalized spacial score (nSPS) is 14.6. The summed E-state index contributed by atoms with van der Waals surface area (Å²) in [7, 11) is 2.01. The standard InChI is InChI=1S/C25H25N5O/c1-28-21-11-3-2-9-19(21)23(24(28)20-10-4-6-13-26-20)25(31)30-16-8-15-29(17-18-30)22-12-5-7-14-27-22/h2-7,9-14H,8,15-18H2,1H3. The van der Waals surface area contributed by atoms with E-state index in [1.165, 1.54) is 0 Å². The lowest BCUT2D eigenvalue weighted by Crippen LogP contribution is -2.35. The Morgan fingerprint density at radius 2 is 1.61 bits per heavy atom.